The van der Waals surface area contributed by atoms with Crippen LogP contribution in [0.1, 0.15) is 89.9 Å². The summed E-state index contributed by atoms with van der Waals surface area (Å²) in [6.45, 7) is 2.63. The van der Waals surface area contributed by atoms with Gasteiger partial charge in [0.1, 0.15) is 0 Å². The predicted molar refractivity (Wildman–Crippen MR) is 110 cm³/mol. The molecule has 2 aliphatic carbocycles. The zero-order valence-corrected chi connectivity index (χ0v) is 17.3. The van der Waals surface area contributed by atoms with Gasteiger partial charge < -0.3 is 10.6 Å². The fourth-order valence-electron chi connectivity index (χ4n) is 4.76. The lowest BCUT2D eigenvalue weighted by molar-refractivity contribution is -0.572. The molecule has 2 aliphatic rings. The van der Waals surface area contributed by atoms with Crippen molar-refractivity contribution in [2.75, 3.05) is 26.2 Å². The molecular weight excluding hydrogens is 360 g/mol. The first-order valence-electron chi connectivity index (χ1n) is 11.2. The Kier molecular flexibility index (Phi) is 9.58. The molecule has 0 aromatic carbocycles. The van der Waals surface area contributed by atoms with Crippen LogP contribution in [0.2, 0.25) is 0 Å². The van der Waals surface area contributed by atoms with Crippen LogP contribution < -0.4 is 10.6 Å². The number of nitro groups is 2. The fourth-order valence-corrected chi connectivity index (χ4v) is 4.76. The van der Waals surface area contributed by atoms with E-state index in [2.05, 4.69) is 10.6 Å². The minimum absolute atomic E-state index is 0.0607. The van der Waals surface area contributed by atoms with Crippen LogP contribution in [0.4, 0.5) is 0 Å². The van der Waals surface area contributed by atoms with Gasteiger partial charge in [-0.3, -0.25) is 20.2 Å². The van der Waals surface area contributed by atoms with Gasteiger partial charge in [0.25, 0.3) is 0 Å². The molecule has 0 radical (unpaired) electrons. The average Bonchev–Trinajstić information content (AvgIpc) is 2.70. The monoisotopic (exact) mass is 398 g/mol. The highest BCUT2D eigenvalue weighted by atomic mass is 16.6. The second kappa shape index (κ2) is 11.7. The Morgan fingerprint density at radius 2 is 0.964 bits per heavy atom. The van der Waals surface area contributed by atoms with Gasteiger partial charge in [-0.05, 0) is 51.6 Å². The van der Waals surface area contributed by atoms with Crippen LogP contribution in [0.5, 0.6) is 0 Å². The van der Waals surface area contributed by atoms with E-state index >= 15 is 0 Å². The Labute approximate surface area is 168 Å². The molecule has 0 unspecified atom stereocenters. The summed E-state index contributed by atoms with van der Waals surface area (Å²) in [5, 5.41) is 29.5. The van der Waals surface area contributed by atoms with Crippen LogP contribution in [-0.4, -0.2) is 47.1 Å². The van der Waals surface area contributed by atoms with Crippen molar-refractivity contribution < 1.29 is 9.85 Å². The molecule has 0 spiro atoms. The standard InChI is InChI=1S/C20H38N4O4/c25-23(26)19(11-5-3-6-12-19)17-21-15-9-1-2-10-16-22-18-20(24(27)28)13-7-4-8-14-20/h21-22H,1-18H2. The van der Waals surface area contributed by atoms with Crippen LogP contribution >= 0.6 is 0 Å². The van der Waals surface area contributed by atoms with Gasteiger partial charge in [0, 0.05) is 35.5 Å². The lowest BCUT2D eigenvalue weighted by Gasteiger charge is -2.29. The van der Waals surface area contributed by atoms with Gasteiger partial charge >= 0.3 is 0 Å². The van der Waals surface area contributed by atoms with Crippen LogP contribution in [0.25, 0.3) is 0 Å². The maximum atomic E-state index is 11.4. The van der Waals surface area contributed by atoms with Crippen LogP contribution in [0.15, 0.2) is 0 Å². The summed E-state index contributed by atoms with van der Waals surface area (Å²) in [6.07, 6.45) is 13.1. The highest BCUT2D eigenvalue weighted by Gasteiger charge is 2.44. The normalized spacial score (nSPS) is 21.3. The van der Waals surface area contributed by atoms with E-state index in [1.807, 2.05) is 0 Å². The Hall–Kier alpha value is -1.28. The van der Waals surface area contributed by atoms with Crippen molar-refractivity contribution in [3.63, 3.8) is 0 Å². The molecule has 2 fully saturated rings. The Morgan fingerprint density at radius 1 is 0.607 bits per heavy atom. The van der Waals surface area contributed by atoms with E-state index in [4.69, 9.17) is 0 Å². The lowest BCUT2D eigenvalue weighted by Crippen LogP contribution is -2.49. The molecule has 162 valence electrons. The first kappa shape index (κ1) is 23.0. The first-order valence-corrected chi connectivity index (χ1v) is 11.2. The molecule has 0 amide bonds. The van der Waals surface area contributed by atoms with E-state index in [1.165, 1.54) is 0 Å². The van der Waals surface area contributed by atoms with E-state index in [0.717, 1.165) is 77.3 Å². The number of hydrogen-bond donors (Lipinski definition) is 2. The average molecular weight is 399 g/mol. The largest absolute Gasteiger partial charge is 0.310 e. The smallest absolute Gasteiger partial charge is 0.234 e. The second-order valence-electron chi connectivity index (χ2n) is 8.85. The van der Waals surface area contributed by atoms with E-state index in [1.54, 1.807) is 0 Å². The third-order valence-corrected chi connectivity index (χ3v) is 6.71. The quantitative estimate of drug-likeness (QED) is 0.278. The summed E-state index contributed by atoms with van der Waals surface area (Å²) in [6, 6.07) is 0. The molecule has 28 heavy (non-hydrogen) atoms. The number of hydrogen-bond acceptors (Lipinski definition) is 6. The molecule has 0 saturated heterocycles. The van der Waals surface area contributed by atoms with Crippen LogP contribution in [-0.2, 0) is 0 Å². The summed E-state index contributed by atoms with van der Waals surface area (Å²) in [5.74, 6) is 0. The summed E-state index contributed by atoms with van der Waals surface area (Å²) in [7, 11) is 0. The second-order valence-corrected chi connectivity index (χ2v) is 8.85. The number of unbranched alkanes of at least 4 members (excludes halogenated alkanes) is 3. The summed E-state index contributed by atoms with van der Waals surface area (Å²) in [4.78, 5) is 22.8. The highest BCUT2D eigenvalue weighted by molar-refractivity contribution is 4.86. The molecule has 2 saturated carbocycles. The predicted octanol–water partition coefficient (Wildman–Crippen LogP) is 3.69. The molecule has 0 heterocycles. The maximum absolute atomic E-state index is 11.4. The van der Waals surface area contributed by atoms with E-state index in [-0.39, 0.29) is 9.85 Å². The van der Waals surface area contributed by atoms with Gasteiger partial charge in [0.05, 0.1) is 13.1 Å². The Morgan fingerprint density at radius 3 is 1.29 bits per heavy atom. The van der Waals surface area contributed by atoms with Crippen LogP contribution in [0, 0.1) is 20.2 Å². The Bertz CT molecular complexity index is 445. The number of nitrogens with one attached hydrogen (secondary N) is 2. The van der Waals surface area contributed by atoms with Gasteiger partial charge in [0.2, 0.25) is 11.1 Å². The highest BCUT2D eigenvalue weighted by Crippen LogP contribution is 2.31. The van der Waals surface area contributed by atoms with Crippen LogP contribution in [0.3, 0.4) is 0 Å². The van der Waals surface area contributed by atoms with Gasteiger partial charge in [-0.15, -0.1) is 0 Å². The third kappa shape index (κ3) is 6.65. The maximum Gasteiger partial charge on any atom is 0.234 e. The molecular formula is C20H38N4O4. The zero-order valence-electron chi connectivity index (χ0n) is 17.3. The van der Waals surface area contributed by atoms with E-state index in [0.29, 0.717) is 38.8 Å². The summed E-state index contributed by atoms with van der Waals surface area (Å²) < 4.78 is 0. The molecule has 2 rings (SSSR count). The van der Waals surface area contributed by atoms with Gasteiger partial charge in [-0.2, -0.15) is 0 Å². The van der Waals surface area contributed by atoms with Gasteiger partial charge in [0.15, 0.2) is 0 Å². The molecule has 0 aliphatic heterocycles. The first-order chi connectivity index (χ1) is 13.5. The van der Waals surface area contributed by atoms with Crippen molar-refractivity contribution >= 4 is 0 Å². The minimum Gasteiger partial charge on any atom is -0.310 e. The molecule has 8 nitrogen and oxygen atoms in total. The number of rotatable bonds is 13. The van der Waals surface area contributed by atoms with Crippen molar-refractivity contribution in [3.05, 3.63) is 20.2 Å². The van der Waals surface area contributed by atoms with Crippen molar-refractivity contribution in [3.8, 4) is 0 Å². The Balaban J connectivity index is 1.49. The molecule has 0 aromatic rings. The molecule has 8 heteroatoms. The SMILES string of the molecule is O=[N+]([O-])C1(CNCCCCCCNCC2([N+](=O)[O-])CCCCC2)CCCCC1. The van der Waals surface area contributed by atoms with E-state index < -0.39 is 11.1 Å². The fraction of sp³-hybridized carbons (Fsp3) is 1.00. The molecule has 0 aromatic heterocycles. The van der Waals surface area contributed by atoms with Crippen molar-refractivity contribution in [1.29, 1.82) is 0 Å². The molecule has 0 atom stereocenters. The molecule has 2 N–H and O–H groups in total. The lowest BCUT2D eigenvalue weighted by atomic mass is 9.82. The van der Waals surface area contributed by atoms with Crippen molar-refractivity contribution in [2.45, 2.75) is 101 Å². The minimum atomic E-state index is -0.742. The van der Waals surface area contributed by atoms with Gasteiger partial charge in [-0.1, -0.05) is 25.7 Å². The summed E-state index contributed by atoms with van der Waals surface area (Å²) in [5.41, 5.74) is -1.48. The van der Waals surface area contributed by atoms with Crippen molar-refractivity contribution in [1.82, 2.24) is 10.6 Å². The zero-order chi connectivity index (χ0) is 20.3. The van der Waals surface area contributed by atoms with E-state index in [9.17, 15) is 20.2 Å². The van der Waals surface area contributed by atoms with Gasteiger partial charge in [-0.25, -0.2) is 0 Å². The number of nitrogens with zero attached hydrogens (tertiary/aromatic N) is 2. The van der Waals surface area contributed by atoms with Crippen molar-refractivity contribution in [2.24, 2.45) is 0 Å². The summed E-state index contributed by atoms with van der Waals surface area (Å²) >= 11 is 0. The third-order valence-electron chi connectivity index (χ3n) is 6.71. The topological polar surface area (TPSA) is 110 Å². The molecule has 0 bridgehead atoms.